The second-order valence-electron chi connectivity index (χ2n) is 4.58. The molecule has 2 heterocycles. The van der Waals surface area contributed by atoms with Crippen molar-refractivity contribution < 1.29 is 23.9 Å². The number of hydrogen-bond donors (Lipinski definition) is 3. The predicted molar refractivity (Wildman–Crippen MR) is 80.0 cm³/mol. The van der Waals surface area contributed by atoms with Gasteiger partial charge in [-0.2, -0.15) is 0 Å². The maximum Gasteiger partial charge on any atom is 0.328 e. The van der Waals surface area contributed by atoms with Crippen LogP contribution in [0.25, 0.3) is 10.2 Å². The summed E-state index contributed by atoms with van der Waals surface area (Å²) in [7, 11) is 1.53. The quantitative estimate of drug-likeness (QED) is 0.690. The van der Waals surface area contributed by atoms with Gasteiger partial charge in [-0.1, -0.05) is 11.3 Å². The van der Waals surface area contributed by atoms with Gasteiger partial charge in [0.1, 0.15) is 5.75 Å². The average molecular weight is 334 g/mol. The number of benzene rings is 1. The molecule has 0 saturated carbocycles. The maximum atomic E-state index is 12.1. The number of anilines is 1. The molecular weight excluding hydrogens is 324 g/mol. The summed E-state index contributed by atoms with van der Waals surface area (Å²) in [6.07, 6.45) is 0. The van der Waals surface area contributed by atoms with Crippen molar-refractivity contribution in [2.24, 2.45) is 5.92 Å². The zero-order valence-electron chi connectivity index (χ0n) is 11.7. The van der Waals surface area contributed by atoms with Gasteiger partial charge < -0.3 is 10.1 Å². The van der Waals surface area contributed by atoms with Gasteiger partial charge in [0.15, 0.2) is 11.0 Å². The molecule has 0 unspecified atom stereocenters. The monoisotopic (exact) mass is 334 g/mol. The largest absolute Gasteiger partial charge is 0.497 e. The Labute approximate surface area is 133 Å². The lowest BCUT2D eigenvalue weighted by Crippen LogP contribution is -2.58. The Kier molecular flexibility index (Phi) is 3.66. The van der Waals surface area contributed by atoms with Crippen molar-refractivity contribution in [2.45, 2.75) is 0 Å². The van der Waals surface area contributed by atoms with Gasteiger partial charge in [-0.15, -0.1) is 0 Å². The molecule has 3 N–H and O–H groups in total. The fourth-order valence-corrected chi connectivity index (χ4v) is 2.92. The first-order valence-corrected chi connectivity index (χ1v) is 7.20. The van der Waals surface area contributed by atoms with Gasteiger partial charge in [-0.3, -0.25) is 25.0 Å². The summed E-state index contributed by atoms with van der Waals surface area (Å²) >= 11 is 1.17. The third kappa shape index (κ3) is 2.83. The number of urea groups is 1. The van der Waals surface area contributed by atoms with E-state index in [9.17, 15) is 19.2 Å². The van der Waals surface area contributed by atoms with Crippen molar-refractivity contribution in [2.75, 3.05) is 12.4 Å². The lowest BCUT2D eigenvalue weighted by atomic mass is 10.1. The Morgan fingerprint density at radius 1 is 1.26 bits per heavy atom. The predicted octanol–water partition coefficient (Wildman–Crippen LogP) is 0.226. The second-order valence-corrected chi connectivity index (χ2v) is 5.61. The summed E-state index contributed by atoms with van der Waals surface area (Å²) in [5.41, 5.74) is 0.638. The van der Waals surface area contributed by atoms with Gasteiger partial charge in [0.2, 0.25) is 17.7 Å². The lowest BCUT2D eigenvalue weighted by Gasteiger charge is -2.19. The van der Waals surface area contributed by atoms with E-state index in [0.717, 1.165) is 4.70 Å². The fraction of sp³-hybridized carbons (Fsp3) is 0.154. The topological polar surface area (TPSA) is 126 Å². The Morgan fingerprint density at radius 2 is 1.96 bits per heavy atom. The molecule has 5 amide bonds. The molecule has 1 aliphatic rings. The second kappa shape index (κ2) is 5.65. The van der Waals surface area contributed by atoms with Crippen LogP contribution in [0, 0.1) is 5.92 Å². The number of aromatic nitrogens is 1. The number of methoxy groups -OCH3 is 1. The zero-order chi connectivity index (χ0) is 16.6. The smallest absolute Gasteiger partial charge is 0.328 e. The highest BCUT2D eigenvalue weighted by Gasteiger charge is 2.40. The number of ether oxygens (including phenoxy) is 1. The highest BCUT2D eigenvalue weighted by Crippen LogP contribution is 2.29. The molecule has 1 saturated heterocycles. The highest BCUT2D eigenvalue weighted by molar-refractivity contribution is 7.22. The molecule has 23 heavy (non-hydrogen) atoms. The molecule has 1 aromatic carbocycles. The van der Waals surface area contributed by atoms with Gasteiger partial charge in [0.25, 0.3) is 0 Å². The Balaban J connectivity index is 1.81. The van der Waals surface area contributed by atoms with Gasteiger partial charge in [0.05, 0.1) is 17.3 Å². The van der Waals surface area contributed by atoms with E-state index in [1.165, 1.54) is 18.4 Å². The number of imide groups is 2. The van der Waals surface area contributed by atoms with Crippen molar-refractivity contribution in [3.8, 4) is 5.75 Å². The van der Waals surface area contributed by atoms with Crippen LogP contribution in [0.3, 0.4) is 0 Å². The summed E-state index contributed by atoms with van der Waals surface area (Å²) in [6.45, 7) is 0. The number of thiazole rings is 1. The molecule has 1 aromatic heterocycles. The van der Waals surface area contributed by atoms with Crippen molar-refractivity contribution in [3.05, 3.63) is 18.2 Å². The number of nitrogens with one attached hydrogen (secondary N) is 3. The van der Waals surface area contributed by atoms with E-state index >= 15 is 0 Å². The van der Waals surface area contributed by atoms with Crippen molar-refractivity contribution in [1.82, 2.24) is 15.6 Å². The van der Waals surface area contributed by atoms with Crippen LogP contribution >= 0.6 is 11.3 Å². The molecule has 9 nitrogen and oxygen atoms in total. The maximum absolute atomic E-state index is 12.1. The molecule has 10 heteroatoms. The van der Waals surface area contributed by atoms with Crippen LogP contribution in [-0.2, 0) is 14.4 Å². The number of hydrogen-bond acceptors (Lipinski definition) is 7. The van der Waals surface area contributed by atoms with Gasteiger partial charge in [0, 0.05) is 0 Å². The van der Waals surface area contributed by atoms with Crippen LogP contribution in [-0.4, -0.2) is 35.8 Å². The SMILES string of the molecule is COc1ccc2nc(NC(=O)C3C(=O)NC(=O)NC3=O)sc2c1. The number of barbiturate groups is 1. The van der Waals surface area contributed by atoms with Crippen LogP contribution in [0.2, 0.25) is 0 Å². The first-order valence-electron chi connectivity index (χ1n) is 6.39. The minimum absolute atomic E-state index is 0.232. The third-order valence-electron chi connectivity index (χ3n) is 3.09. The Morgan fingerprint density at radius 3 is 2.61 bits per heavy atom. The molecule has 0 radical (unpaired) electrons. The van der Waals surface area contributed by atoms with E-state index in [0.29, 0.717) is 11.3 Å². The van der Waals surface area contributed by atoms with E-state index in [4.69, 9.17) is 4.74 Å². The van der Waals surface area contributed by atoms with Crippen LogP contribution < -0.4 is 20.7 Å². The summed E-state index contributed by atoms with van der Waals surface area (Å²) in [5.74, 6) is -3.81. The van der Waals surface area contributed by atoms with E-state index in [2.05, 4.69) is 10.3 Å². The molecule has 0 bridgehead atoms. The zero-order valence-corrected chi connectivity index (χ0v) is 12.5. The van der Waals surface area contributed by atoms with Crippen molar-refractivity contribution in [1.29, 1.82) is 0 Å². The normalized spacial score (nSPS) is 15.3. The number of carbonyl (C=O) groups is 4. The number of amides is 5. The standard InChI is InChI=1S/C13H10N4O5S/c1-22-5-2-3-6-7(4-5)23-13(14-6)17-11(20)8-9(18)15-12(21)16-10(8)19/h2-4,8H,1H3,(H,14,17,20)(H2,15,16,18,19,21). The van der Waals surface area contributed by atoms with Gasteiger partial charge >= 0.3 is 6.03 Å². The van der Waals surface area contributed by atoms with Crippen LogP contribution in [0.5, 0.6) is 5.75 Å². The third-order valence-corrected chi connectivity index (χ3v) is 4.02. The van der Waals surface area contributed by atoms with Crippen LogP contribution in [0.15, 0.2) is 18.2 Å². The van der Waals surface area contributed by atoms with E-state index < -0.39 is 29.7 Å². The molecule has 1 fully saturated rings. The lowest BCUT2D eigenvalue weighted by molar-refractivity contribution is -0.141. The summed E-state index contributed by atoms with van der Waals surface area (Å²) < 4.78 is 5.87. The number of nitrogens with zero attached hydrogens (tertiary/aromatic N) is 1. The average Bonchev–Trinajstić information content (AvgIpc) is 2.86. The Bertz CT molecular complexity index is 826. The van der Waals surface area contributed by atoms with Crippen LogP contribution in [0.4, 0.5) is 9.93 Å². The molecule has 118 valence electrons. The fourth-order valence-electron chi connectivity index (χ4n) is 2.02. The Hall–Kier alpha value is -3.01. The van der Waals surface area contributed by atoms with Crippen molar-refractivity contribution in [3.63, 3.8) is 0 Å². The molecule has 2 aromatic rings. The van der Waals surface area contributed by atoms with Gasteiger partial charge in [-0.05, 0) is 18.2 Å². The molecule has 0 aliphatic carbocycles. The first kappa shape index (κ1) is 14.9. The molecule has 3 rings (SSSR count). The minimum atomic E-state index is -1.64. The van der Waals surface area contributed by atoms with E-state index in [1.807, 2.05) is 10.6 Å². The highest BCUT2D eigenvalue weighted by atomic mass is 32.1. The summed E-state index contributed by atoms with van der Waals surface area (Å²) in [4.78, 5) is 50.5. The minimum Gasteiger partial charge on any atom is -0.497 e. The molecule has 1 aliphatic heterocycles. The van der Waals surface area contributed by atoms with Gasteiger partial charge in [-0.25, -0.2) is 9.78 Å². The number of fused-ring (bicyclic) bond motifs is 1. The summed E-state index contributed by atoms with van der Waals surface area (Å²) in [5, 5.41) is 6.37. The number of rotatable bonds is 3. The van der Waals surface area contributed by atoms with Crippen LogP contribution in [0.1, 0.15) is 0 Å². The molecular formula is C13H10N4O5S. The van der Waals surface area contributed by atoms with E-state index in [1.54, 1.807) is 18.2 Å². The summed E-state index contributed by atoms with van der Waals surface area (Å²) in [6, 6.07) is 4.25. The first-order chi connectivity index (χ1) is 11.0. The molecule has 0 atom stereocenters. The number of carbonyl (C=O) groups excluding carboxylic acids is 4. The molecule has 0 spiro atoms. The van der Waals surface area contributed by atoms with E-state index in [-0.39, 0.29) is 5.13 Å². The van der Waals surface area contributed by atoms with Crippen molar-refractivity contribution >= 4 is 50.4 Å².